The lowest BCUT2D eigenvalue weighted by Crippen LogP contribution is -2.55. The van der Waals surface area contributed by atoms with Crippen molar-refractivity contribution < 1.29 is 9.78 Å². The molecule has 166 valence electrons. The van der Waals surface area contributed by atoms with Crippen molar-refractivity contribution in [3.63, 3.8) is 0 Å². The van der Waals surface area contributed by atoms with Crippen LogP contribution in [-0.4, -0.2) is 0 Å². The summed E-state index contributed by atoms with van der Waals surface area (Å²) in [6.45, 7) is 0. The normalized spacial score (nSPS) is 23.0. The Bertz CT molecular complexity index is 1860. The van der Waals surface area contributed by atoms with Crippen LogP contribution in [0.2, 0.25) is 0 Å². The molecule has 2 atom stereocenters. The first-order valence-electron chi connectivity index (χ1n) is 12.5. The molecule has 0 saturated carbocycles. The molecule has 2 spiro atoms. The Morgan fingerprint density at radius 2 is 0.722 bits per heavy atom. The molecule has 2 bridgehead atoms. The highest BCUT2D eigenvalue weighted by Crippen LogP contribution is 2.68. The van der Waals surface area contributed by atoms with E-state index in [1.54, 1.807) is 0 Å². The van der Waals surface area contributed by atoms with Gasteiger partial charge in [-0.1, -0.05) is 109 Å². The molecule has 0 amide bonds. The molecule has 5 aliphatic rings. The largest absolute Gasteiger partial charge is 0.214 e. The van der Waals surface area contributed by atoms with E-state index >= 15 is 0 Å². The number of benzene rings is 6. The smallest absolute Gasteiger partial charge is 0.181 e. The highest BCUT2D eigenvalue weighted by Gasteiger charge is 2.64. The average molecular weight is 459 g/mol. The molecular weight excluding hydrogens is 440 g/mol. The maximum Gasteiger partial charge on any atom is 0.181 e. The first kappa shape index (κ1) is 18.1. The standard InChI is InChI=1S/C34H18O2/c1-7-19-9-3-15-25-29(19)21(11-1)23-13-5-17-27-31(23)33(25)28-18-6-14-24-22-12-2-8-20-10-4-16-26(30(20)22)34(27,32(24)28)36-35-33/h1-18H. The molecule has 2 unspecified atom stereocenters. The maximum absolute atomic E-state index is 6.78. The average Bonchev–Trinajstić information content (AvgIpc) is 2.95. The van der Waals surface area contributed by atoms with Crippen LogP contribution < -0.4 is 0 Å². The lowest BCUT2D eigenvalue weighted by atomic mass is 9.56. The molecule has 0 fully saturated rings. The number of rotatable bonds is 0. The third-order valence-corrected chi connectivity index (χ3v) is 9.03. The Morgan fingerprint density at radius 3 is 1.19 bits per heavy atom. The summed E-state index contributed by atoms with van der Waals surface area (Å²) in [5.74, 6) is 0. The van der Waals surface area contributed by atoms with Crippen LogP contribution in [0.1, 0.15) is 33.4 Å². The fourth-order valence-corrected chi connectivity index (χ4v) is 7.83. The number of fused-ring (bicyclic) bond motifs is 3. The highest BCUT2D eigenvalue weighted by atomic mass is 17.2. The Morgan fingerprint density at radius 1 is 0.361 bits per heavy atom. The zero-order chi connectivity index (χ0) is 23.2. The molecule has 6 aromatic carbocycles. The van der Waals surface area contributed by atoms with Gasteiger partial charge in [0.15, 0.2) is 11.2 Å². The molecule has 0 N–H and O–H groups in total. The topological polar surface area (TPSA) is 18.5 Å². The van der Waals surface area contributed by atoms with Gasteiger partial charge in [-0.3, -0.25) is 0 Å². The summed E-state index contributed by atoms with van der Waals surface area (Å²) in [5, 5.41) is 4.94. The lowest BCUT2D eigenvalue weighted by Gasteiger charge is -2.57. The van der Waals surface area contributed by atoms with Crippen molar-refractivity contribution in [2.75, 3.05) is 0 Å². The van der Waals surface area contributed by atoms with E-state index in [0.29, 0.717) is 0 Å². The molecule has 2 nitrogen and oxygen atoms in total. The third-order valence-electron chi connectivity index (χ3n) is 9.03. The molecule has 0 saturated heterocycles. The molecule has 2 heteroatoms. The van der Waals surface area contributed by atoms with Crippen molar-refractivity contribution in [1.29, 1.82) is 0 Å². The minimum absolute atomic E-state index is 0.812. The van der Waals surface area contributed by atoms with Gasteiger partial charge in [0.25, 0.3) is 0 Å². The Balaban J connectivity index is 1.51. The molecule has 6 aromatic rings. The van der Waals surface area contributed by atoms with Gasteiger partial charge in [-0.2, -0.15) is 0 Å². The van der Waals surface area contributed by atoms with Gasteiger partial charge in [0.1, 0.15) is 0 Å². The zero-order valence-corrected chi connectivity index (χ0v) is 19.2. The van der Waals surface area contributed by atoms with Crippen molar-refractivity contribution in [2.24, 2.45) is 0 Å². The third kappa shape index (κ3) is 1.63. The van der Waals surface area contributed by atoms with Gasteiger partial charge < -0.3 is 0 Å². The van der Waals surface area contributed by atoms with E-state index in [2.05, 4.69) is 109 Å². The summed E-state index contributed by atoms with van der Waals surface area (Å²) in [6, 6.07) is 39.8. The van der Waals surface area contributed by atoms with Gasteiger partial charge in [-0.15, -0.1) is 0 Å². The van der Waals surface area contributed by atoms with Gasteiger partial charge in [0.05, 0.1) is 0 Å². The van der Waals surface area contributed by atoms with Gasteiger partial charge in [-0.05, 0) is 43.8 Å². The second-order valence-electron chi connectivity index (χ2n) is 10.4. The van der Waals surface area contributed by atoms with E-state index < -0.39 is 11.2 Å². The fourth-order valence-electron chi connectivity index (χ4n) is 7.83. The summed E-state index contributed by atoms with van der Waals surface area (Å²) in [5.41, 5.74) is 10.5. The molecule has 3 aliphatic carbocycles. The number of hydrogen-bond acceptors (Lipinski definition) is 2. The predicted octanol–water partition coefficient (Wildman–Crippen LogP) is 7.81. The van der Waals surface area contributed by atoms with Crippen molar-refractivity contribution >= 4 is 21.5 Å². The monoisotopic (exact) mass is 458 g/mol. The first-order valence-corrected chi connectivity index (χ1v) is 12.5. The predicted molar refractivity (Wildman–Crippen MR) is 141 cm³/mol. The van der Waals surface area contributed by atoms with Crippen LogP contribution in [0.5, 0.6) is 0 Å². The highest BCUT2D eigenvalue weighted by molar-refractivity contribution is 6.08. The van der Waals surface area contributed by atoms with E-state index in [1.165, 1.54) is 66.1 Å². The lowest BCUT2D eigenvalue weighted by molar-refractivity contribution is -0.409. The molecule has 0 radical (unpaired) electrons. The quantitative estimate of drug-likeness (QED) is 0.216. The summed E-state index contributed by atoms with van der Waals surface area (Å²) >= 11 is 0. The summed E-state index contributed by atoms with van der Waals surface area (Å²) in [6.07, 6.45) is 0. The van der Waals surface area contributed by atoms with Crippen molar-refractivity contribution in [1.82, 2.24) is 0 Å². The molecule has 11 rings (SSSR count). The molecule has 0 aromatic heterocycles. The van der Waals surface area contributed by atoms with Crippen LogP contribution in [0.4, 0.5) is 0 Å². The molecular formula is C34H18O2. The van der Waals surface area contributed by atoms with Crippen LogP contribution in [0, 0.1) is 0 Å². The van der Waals surface area contributed by atoms with Gasteiger partial charge >= 0.3 is 0 Å². The van der Waals surface area contributed by atoms with Crippen molar-refractivity contribution in [3.8, 4) is 22.3 Å². The van der Waals surface area contributed by atoms with E-state index in [4.69, 9.17) is 9.78 Å². The summed E-state index contributed by atoms with van der Waals surface area (Å²) < 4.78 is 0. The van der Waals surface area contributed by atoms with E-state index in [9.17, 15) is 0 Å². The van der Waals surface area contributed by atoms with Crippen LogP contribution in [0.3, 0.4) is 0 Å². The van der Waals surface area contributed by atoms with Crippen LogP contribution in [0.15, 0.2) is 109 Å². The molecule has 2 aliphatic heterocycles. The Labute approximate surface area is 207 Å². The number of hydrogen-bond donors (Lipinski definition) is 0. The first-order chi connectivity index (χ1) is 17.8. The summed E-state index contributed by atoms with van der Waals surface area (Å²) in [4.78, 5) is 13.6. The maximum atomic E-state index is 6.78. The minimum atomic E-state index is -0.812. The van der Waals surface area contributed by atoms with Crippen LogP contribution in [-0.2, 0) is 21.0 Å². The summed E-state index contributed by atoms with van der Waals surface area (Å²) in [7, 11) is 0. The second-order valence-corrected chi connectivity index (χ2v) is 10.4. The van der Waals surface area contributed by atoms with E-state index in [-0.39, 0.29) is 0 Å². The SMILES string of the molecule is c1cc2c3c(c1)C14OOC3(c3cccc(c31)-c1cccc3cccc4c13)c1cccc3cccc-2c13. The van der Waals surface area contributed by atoms with Crippen LogP contribution >= 0.6 is 0 Å². The van der Waals surface area contributed by atoms with Gasteiger partial charge in [0.2, 0.25) is 0 Å². The fraction of sp³-hybridized carbons (Fsp3) is 0.0588. The second kappa shape index (κ2) is 5.60. The minimum Gasteiger partial charge on any atom is -0.214 e. The zero-order valence-electron chi connectivity index (χ0n) is 19.2. The van der Waals surface area contributed by atoms with Crippen molar-refractivity contribution in [3.05, 3.63) is 143 Å². The van der Waals surface area contributed by atoms with Crippen LogP contribution in [0.25, 0.3) is 43.8 Å². The Kier molecular flexibility index (Phi) is 2.81. The van der Waals surface area contributed by atoms with Gasteiger partial charge in [0, 0.05) is 33.4 Å². The van der Waals surface area contributed by atoms with Crippen molar-refractivity contribution in [2.45, 2.75) is 11.2 Å². The Hall–Kier alpha value is -4.24. The molecule has 36 heavy (non-hydrogen) atoms. The van der Waals surface area contributed by atoms with Gasteiger partial charge in [-0.25, -0.2) is 9.78 Å². The van der Waals surface area contributed by atoms with E-state index in [1.807, 2.05) is 0 Å². The van der Waals surface area contributed by atoms with E-state index in [0.717, 1.165) is 11.1 Å². The molecule has 2 heterocycles.